The number of nitrogens with zero attached hydrogens (tertiary/aromatic N) is 2. The Labute approximate surface area is 112 Å². The molecule has 0 atom stereocenters. The Morgan fingerprint density at radius 1 is 1.63 bits per heavy atom. The number of carbonyl (C=O) groups excluding carboxylic acids is 1. The van der Waals surface area contributed by atoms with Crippen molar-refractivity contribution in [2.45, 2.75) is 19.8 Å². The normalized spacial score (nSPS) is 16.3. The van der Waals surface area contributed by atoms with Gasteiger partial charge < -0.3 is 14.2 Å². The first-order valence-electron chi connectivity index (χ1n) is 6.44. The lowest BCUT2D eigenvalue weighted by atomic mass is 9.97. The number of rotatable bonds is 4. The zero-order valence-electron chi connectivity index (χ0n) is 11.1. The zero-order valence-corrected chi connectivity index (χ0v) is 11.1. The Hall–Kier alpha value is -1.80. The van der Waals surface area contributed by atoms with Crippen molar-refractivity contribution in [2.24, 2.45) is 5.92 Å². The number of aryl methyl sites for hydroxylation is 1. The van der Waals surface area contributed by atoms with Crippen molar-refractivity contribution in [2.75, 3.05) is 26.3 Å². The molecular weight excluding hydrogens is 244 g/mol. The van der Waals surface area contributed by atoms with E-state index in [0.29, 0.717) is 30.6 Å². The van der Waals surface area contributed by atoms with E-state index in [0.717, 1.165) is 25.9 Å². The second-order valence-corrected chi connectivity index (χ2v) is 4.78. The van der Waals surface area contributed by atoms with Gasteiger partial charge in [0.05, 0.1) is 6.61 Å². The Balaban J connectivity index is 1.80. The minimum Gasteiger partial charge on any atom is -0.369 e. The van der Waals surface area contributed by atoms with Crippen LogP contribution in [0.3, 0.4) is 0 Å². The molecule has 0 aliphatic carbocycles. The van der Waals surface area contributed by atoms with E-state index in [2.05, 4.69) is 11.1 Å². The first kappa shape index (κ1) is 13.6. The van der Waals surface area contributed by atoms with E-state index >= 15 is 0 Å². The quantitative estimate of drug-likeness (QED) is 0.609. The van der Waals surface area contributed by atoms with Crippen LogP contribution in [0.5, 0.6) is 0 Å². The number of terminal acetylenes is 1. The minimum atomic E-state index is -0.0557. The molecule has 1 aromatic rings. The van der Waals surface area contributed by atoms with Crippen LogP contribution in [-0.2, 0) is 4.74 Å². The van der Waals surface area contributed by atoms with Crippen LogP contribution in [0.25, 0.3) is 0 Å². The second kappa shape index (κ2) is 6.39. The third kappa shape index (κ3) is 3.58. The lowest BCUT2D eigenvalue weighted by Crippen LogP contribution is -2.39. The Bertz CT molecular complexity index is 467. The van der Waals surface area contributed by atoms with Crippen molar-refractivity contribution in [3.63, 3.8) is 0 Å². The van der Waals surface area contributed by atoms with Gasteiger partial charge in [0.1, 0.15) is 12.4 Å². The Kier molecular flexibility index (Phi) is 4.58. The summed E-state index contributed by atoms with van der Waals surface area (Å²) in [6.07, 6.45) is 7.00. The van der Waals surface area contributed by atoms with Gasteiger partial charge in [-0.25, -0.2) is 0 Å². The molecule has 0 spiro atoms. The zero-order chi connectivity index (χ0) is 13.7. The standard InChI is InChI=1S/C14H18N2O3/c1-3-8-18-10-12-4-6-16(7-5-12)14(17)13-9-11(2)19-15-13/h1,9,12H,4-8,10H2,2H3. The summed E-state index contributed by atoms with van der Waals surface area (Å²) in [5.41, 5.74) is 0.388. The maximum absolute atomic E-state index is 12.1. The molecule has 5 heteroatoms. The summed E-state index contributed by atoms with van der Waals surface area (Å²) in [6.45, 7) is 4.27. The van der Waals surface area contributed by atoms with Gasteiger partial charge in [-0.2, -0.15) is 0 Å². The summed E-state index contributed by atoms with van der Waals surface area (Å²) < 4.78 is 10.3. The first-order chi connectivity index (χ1) is 9.20. The van der Waals surface area contributed by atoms with Crippen LogP contribution in [0.15, 0.2) is 10.6 Å². The van der Waals surface area contributed by atoms with Crippen LogP contribution in [0.4, 0.5) is 0 Å². The molecular formula is C14H18N2O3. The summed E-state index contributed by atoms with van der Waals surface area (Å²) in [7, 11) is 0. The molecule has 1 saturated heterocycles. The van der Waals surface area contributed by atoms with Crippen LogP contribution in [0.1, 0.15) is 29.1 Å². The number of ether oxygens (including phenoxy) is 1. The van der Waals surface area contributed by atoms with Gasteiger partial charge in [-0.15, -0.1) is 6.42 Å². The van der Waals surface area contributed by atoms with Crippen LogP contribution in [0, 0.1) is 25.2 Å². The van der Waals surface area contributed by atoms with Crippen molar-refractivity contribution in [3.05, 3.63) is 17.5 Å². The first-order valence-corrected chi connectivity index (χ1v) is 6.44. The number of amides is 1. The highest BCUT2D eigenvalue weighted by Crippen LogP contribution is 2.19. The summed E-state index contributed by atoms with van der Waals surface area (Å²) >= 11 is 0. The van der Waals surface area contributed by atoms with Crippen molar-refractivity contribution in [3.8, 4) is 12.3 Å². The van der Waals surface area contributed by atoms with Gasteiger partial charge in [0.25, 0.3) is 5.91 Å². The van der Waals surface area contributed by atoms with Crippen molar-refractivity contribution >= 4 is 5.91 Å². The Morgan fingerprint density at radius 3 is 2.95 bits per heavy atom. The molecule has 19 heavy (non-hydrogen) atoms. The molecule has 1 fully saturated rings. The molecule has 0 radical (unpaired) electrons. The average molecular weight is 262 g/mol. The van der Waals surface area contributed by atoms with Gasteiger partial charge in [0, 0.05) is 19.2 Å². The van der Waals surface area contributed by atoms with Gasteiger partial charge in [0.15, 0.2) is 5.69 Å². The van der Waals surface area contributed by atoms with Crippen molar-refractivity contribution in [1.82, 2.24) is 10.1 Å². The fraction of sp³-hybridized carbons (Fsp3) is 0.571. The molecule has 2 heterocycles. The van der Waals surface area contributed by atoms with Gasteiger partial charge in [-0.3, -0.25) is 4.79 Å². The van der Waals surface area contributed by atoms with E-state index in [4.69, 9.17) is 15.7 Å². The predicted molar refractivity (Wildman–Crippen MR) is 69.5 cm³/mol. The van der Waals surface area contributed by atoms with E-state index in [1.54, 1.807) is 13.0 Å². The maximum atomic E-state index is 12.1. The molecule has 1 aliphatic heterocycles. The molecule has 1 aliphatic rings. The molecule has 2 rings (SSSR count). The van der Waals surface area contributed by atoms with Crippen LogP contribution >= 0.6 is 0 Å². The molecule has 102 valence electrons. The smallest absolute Gasteiger partial charge is 0.276 e. The lowest BCUT2D eigenvalue weighted by Gasteiger charge is -2.31. The summed E-state index contributed by atoms with van der Waals surface area (Å²) in [6, 6.07) is 1.67. The lowest BCUT2D eigenvalue weighted by molar-refractivity contribution is 0.0573. The minimum absolute atomic E-state index is 0.0557. The Morgan fingerprint density at radius 2 is 2.37 bits per heavy atom. The molecule has 0 saturated carbocycles. The molecule has 1 aromatic heterocycles. The fourth-order valence-corrected chi connectivity index (χ4v) is 2.22. The molecule has 0 unspecified atom stereocenters. The summed E-state index contributed by atoms with van der Waals surface area (Å²) in [5, 5.41) is 3.76. The molecule has 1 amide bonds. The number of hydrogen-bond donors (Lipinski definition) is 0. The van der Waals surface area contributed by atoms with Gasteiger partial charge >= 0.3 is 0 Å². The van der Waals surface area contributed by atoms with Crippen LogP contribution in [-0.4, -0.2) is 42.3 Å². The highest BCUT2D eigenvalue weighted by molar-refractivity contribution is 5.92. The number of aromatic nitrogens is 1. The highest BCUT2D eigenvalue weighted by Gasteiger charge is 2.25. The van der Waals surface area contributed by atoms with E-state index in [9.17, 15) is 4.79 Å². The number of likely N-dealkylation sites (tertiary alicyclic amines) is 1. The molecule has 5 nitrogen and oxygen atoms in total. The molecule has 0 N–H and O–H groups in total. The summed E-state index contributed by atoms with van der Waals surface area (Å²) in [4.78, 5) is 13.9. The average Bonchev–Trinajstić information content (AvgIpc) is 2.86. The van der Waals surface area contributed by atoms with Gasteiger partial charge in [-0.1, -0.05) is 11.1 Å². The SMILES string of the molecule is C#CCOCC1CCN(C(=O)c2cc(C)on2)CC1. The maximum Gasteiger partial charge on any atom is 0.276 e. The van der Waals surface area contributed by atoms with Gasteiger partial charge in [-0.05, 0) is 25.7 Å². The van der Waals surface area contributed by atoms with E-state index in [1.807, 2.05) is 4.90 Å². The van der Waals surface area contributed by atoms with Gasteiger partial charge in [0.2, 0.25) is 0 Å². The predicted octanol–water partition coefficient (Wildman–Crippen LogP) is 1.49. The topological polar surface area (TPSA) is 55.6 Å². The van der Waals surface area contributed by atoms with Crippen LogP contribution < -0.4 is 0 Å². The monoisotopic (exact) mass is 262 g/mol. The molecule has 0 aromatic carbocycles. The highest BCUT2D eigenvalue weighted by atomic mass is 16.5. The van der Waals surface area contributed by atoms with E-state index < -0.39 is 0 Å². The third-order valence-corrected chi connectivity index (χ3v) is 3.29. The molecule has 0 bridgehead atoms. The third-order valence-electron chi connectivity index (χ3n) is 3.29. The number of piperidine rings is 1. The van der Waals surface area contributed by atoms with Crippen LogP contribution in [0.2, 0.25) is 0 Å². The van der Waals surface area contributed by atoms with Crippen molar-refractivity contribution in [1.29, 1.82) is 0 Å². The number of carbonyl (C=O) groups is 1. The number of hydrogen-bond acceptors (Lipinski definition) is 4. The second-order valence-electron chi connectivity index (χ2n) is 4.78. The van der Waals surface area contributed by atoms with E-state index in [-0.39, 0.29) is 5.91 Å². The summed E-state index contributed by atoms with van der Waals surface area (Å²) in [5.74, 6) is 3.53. The largest absolute Gasteiger partial charge is 0.369 e. The van der Waals surface area contributed by atoms with Crippen molar-refractivity contribution < 1.29 is 14.1 Å². The fourth-order valence-electron chi connectivity index (χ4n) is 2.22. The van der Waals surface area contributed by atoms with E-state index in [1.165, 1.54) is 0 Å².